The average Bonchev–Trinajstić information content (AvgIpc) is 3.24. The van der Waals surface area contributed by atoms with Crippen molar-refractivity contribution in [1.29, 1.82) is 0 Å². The summed E-state index contributed by atoms with van der Waals surface area (Å²) in [6.45, 7) is 8.90. The standard InChI is InChI=1S/C25H42O4/c1-5-9-11-16(7-3)13-18-19(14-17(8-4)12-10-6-2)21-15-20(18)22(24(26)27)23(21)25(28)29/h16-17,20-23H,5-15H2,1-4H3,(H,26,27)(H,28,29). The third-order valence-corrected chi connectivity index (χ3v) is 7.74. The quantitative estimate of drug-likeness (QED) is 0.321. The van der Waals surface area contributed by atoms with E-state index in [9.17, 15) is 19.8 Å². The van der Waals surface area contributed by atoms with Crippen molar-refractivity contribution in [2.45, 2.75) is 98.3 Å². The van der Waals surface area contributed by atoms with Crippen molar-refractivity contribution in [3.63, 3.8) is 0 Å². The molecule has 0 saturated heterocycles. The molecular formula is C25H42O4. The summed E-state index contributed by atoms with van der Waals surface area (Å²) in [5.74, 6) is -2.25. The van der Waals surface area contributed by atoms with Crippen LogP contribution in [0.15, 0.2) is 11.1 Å². The van der Waals surface area contributed by atoms with Crippen LogP contribution < -0.4 is 0 Å². The molecular weight excluding hydrogens is 364 g/mol. The maximum Gasteiger partial charge on any atom is 0.308 e. The first kappa shape index (κ1) is 24.0. The van der Waals surface area contributed by atoms with Crippen LogP contribution in [0.3, 0.4) is 0 Å². The lowest BCUT2D eigenvalue weighted by molar-refractivity contribution is -0.154. The van der Waals surface area contributed by atoms with E-state index in [4.69, 9.17) is 0 Å². The zero-order chi connectivity index (χ0) is 21.6. The predicted molar refractivity (Wildman–Crippen MR) is 117 cm³/mol. The van der Waals surface area contributed by atoms with Gasteiger partial charge in [0.15, 0.2) is 0 Å². The Kier molecular flexibility index (Phi) is 9.23. The fourth-order valence-corrected chi connectivity index (χ4v) is 5.99. The first-order valence-electron chi connectivity index (χ1n) is 12.1. The summed E-state index contributed by atoms with van der Waals surface area (Å²) >= 11 is 0. The molecule has 2 aliphatic carbocycles. The smallest absolute Gasteiger partial charge is 0.308 e. The van der Waals surface area contributed by atoms with Gasteiger partial charge in [-0.1, -0.05) is 90.2 Å². The second kappa shape index (κ2) is 11.2. The SMILES string of the molecule is CCCCC(CC)CC1=C(CC(CC)CCCC)C2CC1C(C(=O)O)C2C(=O)O. The summed E-state index contributed by atoms with van der Waals surface area (Å²) in [5.41, 5.74) is 2.69. The molecule has 0 radical (unpaired) electrons. The molecule has 1 fully saturated rings. The molecule has 6 unspecified atom stereocenters. The minimum atomic E-state index is -0.916. The van der Waals surface area contributed by atoms with Crippen LogP contribution in [0.1, 0.15) is 98.3 Å². The van der Waals surface area contributed by atoms with E-state index in [-0.39, 0.29) is 11.8 Å². The number of carboxylic acid groups (broad SMARTS) is 2. The number of hydrogen-bond acceptors (Lipinski definition) is 2. The number of hydrogen-bond donors (Lipinski definition) is 2. The summed E-state index contributed by atoms with van der Waals surface area (Å²) in [4.78, 5) is 24.0. The van der Waals surface area contributed by atoms with Crippen LogP contribution in [0.2, 0.25) is 0 Å². The molecule has 166 valence electrons. The van der Waals surface area contributed by atoms with Crippen LogP contribution in [0.4, 0.5) is 0 Å². The first-order chi connectivity index (χ1) is 13.9. The molecule has 0 heterocycles. The molecule has 2 bridgehead atoms. The van der Waals surface area contributed by atoms with Crippen molar-refractivity contribution in [1.82, 2.24) is 0 Å². The van der Waals surface area contributed by atoms with E-state index in [1.54, 1.807) is 0 Å². The maximum atomic E-state index is 12.0. The van der Waals surface area contributed by atoms with E-state index in [0.29, 0.717) is 11.8 Å². The molecule has 0 amide bonds. The Bertz CT molecular complexity index is 544. The Morgan fingerprint density at radius 3 is 1.45 bits per heavy atom. The lowest BCUT2D eigenvalue weighted by Crippen LogP contribution is -2.36. The Morgan fingerprint density at radius 2 is 1.17 bits per heavy atom. The highest BCUT2D eigenvalue weighted by molar-refractivity contribution is 5.83. The van der Waals surface area contributed by atoms with Crippen molar-refractivity contribution in [3.8, 4) is 0 Å². The van der Waals surface area contributed by atoms with Crippen LogP contribution >= 0.6 is 0 Å². The van der Waals surface area contributed by atoms with Crippen molar-refractivity contribution in [3.05, 3.63) is 11.1 Å². The molecule has 0 aromatic heterocycles. The molecule has 0 spiro atoms. The molecule has 1 saturated carbocycles. The Morgan fingerprint density at radius 1 is 0.793 bits per heavy atom. The lowest BCUT2D eigenvalue weighted by Gasteiger charge is -2.33. The zero-order valence-electron chi connectivity index (χ0n) is 19.0. The average molecular weight is 407 g/mol. The van der Waals surface area contributed by atoms with E-state index < -0.39 is 23.8 Å². The summed E-state index contributed by atoms with van der Waals surface area (Å²) in [6.07, 6.45) is 12.1. The summed E-state index contributed by atoms with van der Waals surface area (Å²) in [7, 11) is 0. The van der Waals surface area contributed by atoms with Crippen LogP contribution in [-0.4, -0.2) is 22.2 Å². The van der Waals surface area contributed by atoms with Crippen LogP contribution in [0, 0.1) is 35.5 Å². The highest BCUT2D eigenvalue weighted by Crippen LogP contribution is 2.58. The Hall–Kier alpha value is -1.32. The number of unbranched alkanes of at least 4 members (excludes halogenated alkanes) is 2. The Labute approximate surface area is 177 Å². The van der Waals surface area contributed by atoms with Gasteiger partial charge in [0, 0.05) is 0 Å². The lowest BCUT2D eigenvalue weighted by atomic mass is 9.71. The number of carbonyl (C=O) groups is 2. The third-order valence-electron chi connectivity index (χ3n) is 7.74. The molecule has 2 rings (SSSR count). The largest absolute Gasteiger partial charge is 0.481 e. The number of aliphatic carboxylic acids is 2. The number of carboxylic acids is 2. The van der Waals surface area contributed by atoms with Gasteiger partial charge in [-0.2, -0.15) is 0 Å². The molecule has 29 heavy (non-hydrogen) atoms. The van der Waals surface area contributed by atoms with E-state index in [2.05, 4.69) is 27.7 Å². The number of fused-ring (bicyclic) bond motifs is 2. The molecule has 2 aliphatic rings. The van der Waals surface area contributed by atoms with Gasteiger partial charge in [0.2, 0.25) is 0 Å². The van der Waals surface area contributed by atoms with E-state index in [1.165, 1.54) is 49.7 Å². The monoisotopic (exact) mass is 406 g/mol. The van der Waals surface area contributed by atoms with Gasteiger partial charge in [-0.3, -0.25) is 9.59 Å². The molecule has 0 aliphatic heterocycles. The van der Waals surface area contributed by atoms with Gasteiger partial charge in [-0.15, -0.1) is 0 Å². The zero-order valence-corrected chi connectivity index (χ0v) is 19.0. The van der Waals surface area contributed by atoms with Gasteiger partial charge in [-0.05, 0) is 42.9 Å². The fraction of sp³-hybridized carbons (Fsp3) is 0.840. The summed E-state index contributed by atoms with van der Waals surface area (Å²) < 4.78 is 0. The maximum absolute atomic E-state index is 12.0. The predicted octanol–water partition coefficient (Wildman–Crippen LogP) is 6.55. The Balaban J connectivity index is 2.36. The van der Waals surface area contributed by atoms with Crippen molar-refractivity contribution >= 4 is 11.9 Å². The number of rotatable bonds is 14. The normalized spacial score (nSPS) is 28.0. The molecule has 4 nitrogen and oxygen atoms in total. The van der Waals surface area contributed by atoms with Crippen molar-refractivity contribution < 1.29 is 19.8 Å². The fourth-order valence-electron chi connectivity index (χ4n) is 5.99. The topological polar surface area (TPSA) is 74.6 Å². The number of allylic oxidation sites excluding steroid dienone is 2. The summed E-state index contributed by atoms with van der Waals surface area (Å²) in [5, 5.41) is 19.7. The molecule has 4 heteroatoms. The molecule has 0 aromatic carbocycles. The van der Waals surface area contributed by atoms with E-state index >= 15 is 0 Å². The van der Waals surface area contributed by atoms with Gasteiger partial charge < -0.3 is 10.2 Å². The molecule has 2 N–H and O–H groups in total. The van der Waals surface area contributed by atoms with Crippen molar-refractivity contribution in [2.75, 3.05) is 0 Å². The van der Waals surface area contributed by atoms with E-state index in [1.807, 2.05) is 0 Å². The highest BCUT2D eigenvalue weighted by Gasteiger charge is 2.57. The van der Waals surface area contributed by atoms with Gasteiger partial charge in [0.05, 0.1) is 11.8 Å². The summed E-state index contributed by atoms with van der Waals surface area (Å²) in [6, 6.07) is 0. The highest BCUT2D eigenvalue weighted by atomic mass is 16.4. The minimum Gasteiger partial charge on any atom is -0.481 e. The van der Waals surface area contributed by atoms with Gasteiger partial charge in [0.25, 0.3) is 0 Å². The van der Waals surface area contributed by atoms with Gasteiger partial charge in [0.1, 0.15) is 0 Å². The van der Waals surface area contributed by atoms with Crippen LogP contribution in [-0.2, 0) is 9.59 Å². The van der Waals surface area contributed by atoms with Gasteiger partial charge >= 0.3 is 11.9 Å². The first-order valence-corrected chi connectivity index (χ1v) is 12.1. The van der Waals surface area contributed by atoms with Crippen molar-refractivity contribution in [2.24, 2.45) is 35.5 Å². The second-order valence-corrected chi connectivity index (χ2v) is 9.47. The van der Waals surface area contributed by atoms with Crippen LogP contribution in [0.25, 0.3) is 0 Å². The third kappa shape index (κ3) is 5.44. The second-order valence-electron chi connectivity index (χ2n) is 9.47. The van der Waals surface area contributed by atoms with Crippen LogP contribution in [0.5, 0.6) is 0 Å². The minimum absolute atomic E-state index is 0.0621. The molecule has 6 atom stereocenters. The van der Waals surface area contributed by atoms with E-state index in [0.717, 1.165) is 32.1 Å². The molecule has 0 aromatic rings. The van der Waals surface area contributed by atoms with Gasteiger partial charge in [-0.25, -0.2) is 0 Å².